The van der Waals surface area contributed by atoms with Crippen molar-refractivity contribution in [3.8, 4) is 11.5 Å². The molecule has 6 heteroatoms. The first-order valence-electron chi connectivity index (χ1n) is 10.1. The van der Waals surface area contributed by atoms with E-state index in [1.807, 2.05) is 24.3 Å². The van der Waals surface area contributed by atoms with Crippen LogP contribution in [0.4, 0.5) is 0 Å². The van der Waals surface area contributed by atoms with E-state index >= 15 is 0 Å². The van der Waals surface area contributed by atoms with Crippen LogP contribution in [-0.2, 0) is 9.47 Å². The van der Waals surface area contributed by atoms with Gasteiger partial charge in [0, 0.05) is 25.5 Å². The number of fused-ring (bicyclic) bond motifs is 1. The Bertz CT molecular complexity index is 663. The van der Waals surface area contributed by atoms with Crippen molar-refractivity contribution < 1.29 is 18.9 Å². The molecule has 0 aromatic heterocycles. The first-order valence-corrected chi connectivity index (χ1v) is 10.6. The smallest absolute Gasteiger partial charge is 0.130 e. The van der Waals surface area contributed by atoms with Crippen LogP contribution in [0.25, 0.3) is 10.8 Å². The van der Waals surface area contributed by atoms with E-state index in [-0.39, 0.29) is 6.73 Å². The first-order chi connectivity index (χ1) is 13.9. The molecule has 0 aliphatic heterocycles. The minimum Gasteiger partial charge on any atom is -0.493 e. The largest absolute Gasteiger partial charge is 0.493 e. The third kappa shape index (κ3) is 8.23. The maximum absolute atomic E-state index is 6.02. The average molecular weight is 410 g/mol. The maximum atomic E-state index is 6.02. The van der Waals surface area contributed by atoms with Gasteiger partial charge in [-0.15, -0.1) is 11.6 Å². The molecule has 0 spiro atoms. The minimum atomic E-state index is 0.197. The van der Waals surface area contributed by atoms with Gasteiger partial charge in [-0.05, 0) is 30.4 Å². The van der Waals surface area contributed by atoms with E-state index in [2.05, 4.69) is 12.1 Å². The van der Waals surface area contributed by atoms with Crippen molar-refractivity contribution in [3.63, 3.8) is 0 Å². The lowest BCUT2D eigenvalue weighted by atomic mass is 10.1. The van der Waals surface area contributed by atoms with Crippen LogP contribution in [0.1, 0.15) is 32.1 Å². The molecule has 0 heterocycles. The molecule has 0 unspecified atom stereocenters. The molecule has 2 N–H and O–H groups in total. The summed E-state index contributed by atoms with van der Waals surface area (Å²) >= 11 is 5.67. The SMILES string of the molecule is NCOCCOc1cccc2cccc(OCCCOCCCCCCCl)c12. The Kier molecular flexibility index (Phi) is 11.8. The van der Waals surface area contributed by atoms with Crippen molar-refractivity contribution in [2.45, 2.75) is 32.1 Å². The van der Waals surface area contributed by atoms with Crippen LogP contribution in [0.2, 0.25) is 0 Å². The van der Waals surface area contributed by atoms with Gasteiger partial charge in [0.1, 0.15) is 18.1 Å². The Labute approximate surface area is 173 Å². The lowest BCUT2D eigenvalue weighted by Gasteiger charge is -2.14. The fourth-order valence-electron chi connectivity index (χ4n) is 2.90. The van der Waals surface area contributed by atoms with Crippen molar-refractivity contribution in [2.24, 2.45) is 5.73 Å². The lowest BCUT2D eigenvalue weighted by molar-refractivity contribution is 0.105. The van der Waals surface area contributed by atoms with Gasteiger partial charge in [0.05, 0.1) is 25.3 Å². The van der Waals surface area contributed by atoms with Crippen LogP contribution in [0.3, 0.4) is 0 Å². The molecule has 2 aromatic rings. The third-order valence-corrected chi connectivity index (χ3v) is 4.56. The molecule has 0 atom stereocenters. The molecule has 0 aliphatic carbocycles. The zero-order valence-corrected chi connectivity index (χ0v) is 17.3. The number of hydrogen-bond acceptors (Lipinski definition) is 5. The van der Waals surface area contributed by atoms with Crippen LogP contribution in [0.15, 0.2) is 36.4 Å². The van der Waals surface area contributed by atoms with E-state index in [0.717, 1.165) is 54.0 Å². The standard InChI is InChI=1S/C22H32ClNO4/c23-12-3-1-2-4-13-25-14-7-15-27-20-10-5-8-19-9-6-11-21(22(19)20)28-17-16-26-18-24/h5-6,8-11H,1-4,7,12-18,24H2. The number of halogens is 1. The Morgan fingerprint density at radius 2 is 1.36 bits per heavy atom. The van der Waals surface area contributed by atoms with Gasteiger partial charge in [0.2, 0.25) is 0 Å². The van der Waals surface area contributed by atoms with Crippen LogP contribution < -0.4 is 15.2 Å². The fraction of sp³-hybridized carbons (Fsp3) is 0.545. The molecule has 0 saturated carbocycles. The third-order valence-electron chi connectivity index (χ3n) is 4.29. The lowest BCUT2D eigenvalue weighted by Crippen LogP contribution is -2.12. The van der Waals surface area contributed by atoms with E-state index in [0.29, 0.717) is 26.4 Å². The molecule has 2 aromatic carbocycles. The predicted molar refractivity (Wildman–Crippen MR) is 115 cm³/mol. The number of benzene rings is 2. The summed E-state index contributed by atoms with van der Waals surface area (Å²) in [6, 6.07) is 12.0. The van der Waals surface area contributed by atoms with Crippen molar-refractivity contribution in [1.82, 2.24) is 0 Å². The highest BCUT2D eigenvalue weighted by Crippen LogP contribution is 2.34. The molecule has 156 valence electrons. The zero-order valence-electron chi connectivity index (χ0n) is 16.5. The van der Waals surface area contributed by atoms with E-state index in [9.17, 15) is 0 Å². The highest BCUT2D eigenvalue weighted by Gasteiger charge is 2.08. The van der Waals surface area contributed by atoms with Gasteiger partial charge < -0.3 is 24.7 Å². The van der Waals surface area contributed by atoms with Gasteiger partial charge >= 0.3 is 0 Å². The molecule has 0 aliphatic rings. The molecular formula is C22H32ClNO4. The Balaban J connectivity index is 1.77. The van der Waals surface area contributed by atoms with Crippen molar-refractivity contribution in [2.75, 3.05) is 45.6 Å². The topological polar surface area (TPSA) is 62.9 Å². The van der Waals surface area contributed by atoms with Crippen LogP contribution in [0.5, 0.6) is 11.5 Å². The van der Waals surface area contributed by atoms with E-state index in [4.69, 9.17) is 36.3 Å². The summed E-state index contributed by atoms with van der Waals surface area (Å²) in [4.78, 5) is 0. The zero-order chi connectivity index (χ0) is 19.9. The molecule has 2 rings (SSSR count). The van der Waals surface area contributed by atoms with Crippen LogP contribution in [-0.4, -0.2) is 45.6 Å². The number of nitrogens with two attached hydrogens (primary N) is 1. The summed E-state index contributed by atoms with van der Waals surface area (Å²) in [6.07, 6.45) is 5.39. The summed E-state index contributed by atoms with van der Waals surface area (Å²) in [5, 5.41) is 2.07. The number of hydrogen-bond donors (Lipinski definition) is 1. The van der Waals surface area contributed by atoms with Gasteiger partial charge in [-0.2, -0.15) is 0 Å². The molecule has 0 saturated heterocycles. The molecule has 5 nitrogen and oxygen atoms in total. The second-order valence-corrected chi connectivity index (χ2v) is 6.83. The van der Waals surface area contributed by atoms with E-state index in [1.54, 1.807) is 0 Å². The Morgan fingerprint density at radius 1 is 0.679 bits per heavy atom. The summed E-state index contributed by atoms with van der Waals surface area (Å²) in [5.41, 5.74) is 5.34. The number of unbranched alkanes of at least 4 members (excludes halogenated alkanes) is 3. The minimum absolute atomic E-state index is 0.197. The van der Waals surface area contributed by atoms with Gasteiger partial charge in [-0.3, -0.25) is 0 Å². The Morgan fingerprint density at radius 3 is 2.07 bits per heavy atom. The van der Waals surface area contributed by atoms with Gasteiger partial charge in [0.25, 0.3) is 0 Å². The van der Waals surface area contributed by atoms with Crippen molar-refractivity contribution >= 4 is 22.4 Å². The second-order valence-electron chi connectivity index (χ2n) is 6.45. The summed E-state index contributed by atoms with van der Waals surface area (Å²) in [6.45, 7) is 3.22. The van der Waals surface area contributed by atoms with Crippen molar-refractivity contribution in [3.05, 3.63) is 36.4 Å². The van der Waals surface area contributed by atoms with Crippen molar-refractivity contribution in [1.29, 1.82) is 0 Å². The number of ether oxygens (including phenoxy) is 4. The number of alkyl halides is 1. The van der Waals surface area contributed by atoms with E-state index < -0.39 is 0 Å². The highest BCUT2D eigenvalue weighted by molar-refractivity contribution is 6.17. The van der Waals surface area contributed by atoms with Gasteiger partial charge in [-0.1, -0.05) is 37.1 Å². The van der Waals surface area contributed by atoms with Gasteiger partial charge in [0.15, 0.2) is 0 Å². The summed E-state index contributed by atoms with van der Waals surface area (Å²) in [7, 11) is 0. The molecule has 0 bridgehead atoms. The van der Waals surface area contributed by atoms with E-state index in [1.165, 1.54) is 12.8 Å². The average Bonchev–Trinajstić information content (AvgIpc) is 2.72. The predicted octanol–water partition coefficient (Wildman–Crippen LogP) is 4.74. The summed E-state index contributed by atoms with van der Waals surface area (Å²) < 4.78 is 22.7. The molecular weight excluding hydrogens is 378 g/mol. The first kappa shape index (κ1) is 22.8. The molecule has 28 heavy (non-hydrogen) atoms. The fourth-order valence-corrected chi connectivity index (χ4v) is 3.09. The normalized spacial score (nSPS) is 11.1. The highest BCUT2D eigenvalue weighted by atomic mass is 35.5. The van der Waals surface area contributed by atoms with Crippen LogP contribution >= 0.6 is 11.6 Å². The summed E-state index contributed by atoms with van der Waals surface area (Å²) in [5.74, 6) is 2.37. The quantitative estimate of drug-likeness (QED) is 0.246. The molecule has 0 fully saturated rings. The van der Waals surface area contributed by atoms with Gasteiger partial charge in [-0.25, -0.2) is 0 Å². The monoisotopic (exact) mass is 409 g/mol. The molecule has 0 radical (unpaired) electrons. The van der Waals surface area contributed by atoms with Crippen LogP contribution in [0, 0.1) is 0 Å². The second kappa shape index (κ2) is 14.5. The molecule has 0 amide bonds. The Hall–Kier alpha value is -1.53. The number of rotatable bonds is 16. The maximum Gasteiger partial charge on any atom is 0.130 e.